The average molecular weight is 310 g/mol. The Labute approximate surface area is 130 Å². The summed E-state index contributed by atoms with van der Waals surface area (Å²) >= 11 is 5.06. The van der Waals surface area contributed by atoms with Crippen LogP contribution in [0.1, 0.15) is 50.4 Å². The van der Waals surface area contributed by atoms with E-state index in [1.54, 1.807) is 18.3 Å². The lowest BCUT2D eigenvalue weighted by atomic mass is 10.1. The van der Waals surface area contributed by atoms with Crippen LogP contribution in [0.2, 0.25) is 0 Å². The highest BCUT2D eigenvalue weighted by atomic mass is 32.1. The van der Waals surface area contributed by atoms with E-state index in [0.717, 1.165) is 0 Å². The summed E-state index contributed by atoms with van der Waals surface area (Å²) in [5.74, 6) is 0.0223. The van der Waals surface area contributed by atoms with Crippen molar-refractivity contribution in [2.75, 3.05) is 6.54 Å². The van der Waals surface area contributed by atoms with Gasteiger partial charge in [0.15, 0.2) is 5.78 Å². The van der Waals surface area contributed by atoms with Crippen molar-refractivity contribution in [1.82, 2.24) is 10.3 Å². The second kappa shape index (κ2) is 7.93. The third kappa shape index (κ3) is 7.04. The fourth-order valence-corrected chi connectivity index (χ4v) is 1.94. The first-order valence-electron chi connectivity index (χ1n) is 6.97. The number of hydrogen-bond acceptors (Lipinski definition) is 4. The van der Waals surface area contributed by atoms with Crippen LogP contribution in [0, 0.1) is 4.64 Å². The van der Waals surface area contributed by atoms with Crippen molar-refractivity contribution in [3.8, 4) is 0 Å². The first-order valence-corrected chi connectivity index (χ1v) is 7.38. The van der Waals surface area contributed by atoms with Crippen LogP contribution in [0.25, 0.3) is 0 Å². The number of ether oxygens (including phenoxy) is 1. The highest BCUT2D eigenvalue weighted by molar-refractivity contribution is 7.71. The van der Waals surface area contributed by atoms with Crippen molar-refractivity contribution in [2.45, 2.75) is 45.6 Å². The van der Waals surface area contributed by atoms with E-state index in [1.165, 1.54) is 0 Å². The molecule has 0 aliphatic heterocycles. The predicted octanol–water partition coefficient (Wildman–Crippen LogP) is 3.62. The lowest BCUT2D eigenvalue weighted by Crippen LogP contribution is -2.33. The molecule has 0 atom stereocenters. The molecular weight excluding hydrogens is 288 g/mol. The van der Waals surface area contributed by atoms with Gasteiger partial charge in [0.25, 0.3) is 0 Å². The Morgan fingerprint density at radius 2 is 2.05 bits per heavy atom. The van der Waals surface area contributed by atoms with Gasteiger partial charge in [-0.15, -0.1) is 0 Å². The Morgan fingerprint density at radius 1 is 1.33 bits per heavy atom. The molecule has 116 valence electrons. The van der Waals surface area contributed by atoms with Gasteiger partial charge in [-0.25, -0.2) is 4.79 Å². The van der Waals surface area contributed by atoms with Crippen molar-refractivity contribution in [2.24, 2.45) is 0 Å². The van der Waals surface area contributed by atoms with Crippen LogP contribution >= 0.6 is 12.2 Å². The second-order valence-corrected chi connectivity index (χ2v) is 6.13. The van der Waals surface area contributed by atoms with Gasteiger partial charge in [0.1, 0.15) is 10.2 Å². The lowest BCUT2D eigenvalue weighted by molar-refractivity contribution is 0.0527. The molecule has 5 nitrogen and oxygen atoms in total. The van der Waals surface area contributed by atoms with Crippen LogP contribution < -0.4 is 5.32 Å². The molecule has 6 heteroatoms. The number of H-pyrrole nitrogens is 1. The van der Waals surface area contributed by atoms with E-state index < -0.39 is 11.7 Å². The average Bonchev–Trinajstić information content (AvgIpc) is 2.36. The maximum Gasteiger partial charge on any atom is 0.407 e. The summed E-state index contributed by atoms with van der Waals surface area (Å²) in [7, 11) is 0. The highest BCUT2D eigenvalue weighted by Crippen LogP contribution is 2.08. The zero-order chi connectivity index (χ0) is 15.9. The number of carbonyl (C=O) groups excluding carboxylic acids is 2. The van der Waals surface area contributed by atoms with Gasteiger partial charge < -0.3 is 15.0 Å². The summed E-state index contributed by atoms with van der Waals surface area (Å²) in [5.41, 5.74) is 0.0524. The van der Waals surface area contributed by atoms with E-state index in [0.29, 0.717) is 36.0 Å². The third-order valence-corrected chi connectivity index (χ3v) is 2.96. The van der Waals surface area contributed by atoms with Crippen LogP contribution in [-0.2, 0) is 4.74 Å². The maximum absolute atomic E-state index is 12.0. The Balaban J connectivity index is 2.23. The van der Waals surface area contributed by atoms with Crippen LogP contribution in [-0.4, -0.2) is 29.0 Å². The molecule has 0 aliphatic carbocycles. The Hall–Kier alpha value is -1.69. The summed E-state index contributed by atoms with van der Waals surface area (Å²) in [5, 5.41) is 2.66. The van der Waals surface area contributed by atoms with Gasteiger partial charge in [0.2, 0.25) is 0 Å². The summed E-state index contributed by atoms with van der Waals surface area (Å²) in [6, 6.07) is 3.48. The van der Waals surface area contributed by atoms with Gasteiger partial charge in [-0.1, -0.05) is 12.2 Å². The molecule has 1 aromatic heterocycles. The molecule has 0 saturated carbocycles. The number of alkyl carbamates (subject to hydrolysis) is 1. The third-order valence-electron chi connectivity index (χ3n) is 2.62. The number of pyridine rings is 1. The van der Waals surface area contributed by atoms with Crippen LogP contribution in [0.5, 0.6) is 0 Å². The smallest absolute Gasteiger partial charge is 0.407 e. The SMILES string of the molecule is CC(C)(C)OC(=O)NCCCCC(=O)c1ccc[nH]c1=S. The van der Waals surface area contributed by atoms with E-state index >= 15 is 0 Å². The van der Waals surface area contributed by atoms with E-state index in [-0.39, 0.29) is 5.78 Å². The van der Waals surface area contributed by atoms with Crippen molar-refractivity contribution in [1.29, 1.82) is 0 Å². The number of ketones is 1. The number of amides is 1. The molecule has 21 heavy (non-hydrogen) atoms. The summed E-state index contributed by atoms with van der Waals surface area (Å²) in [4.78, 5) is 26.2. The molecule has 0 spiro atoms. The normalized spacial score (nSPS) is 11.0. The number of rotatable bonds is 6. The zero-order valence-electron chi connectivity index (χ0n) is 12.7. The maximum atomic E-state index is 12.0. The summed E-state index contributed by atoms with van der Waals surface area (Å²) in [6.07, 6.45) is 3.09. The van der Waals surface area contributed by atoms with Gasteiger partial charge in [-0.2, -0.15) is 0 Å². The lowest BCUT2D eigenvalue weighted by Gasteiger charge is -2.19. The van der Waals surface area contributed by atoms with E-state index in [2.05, 4.69) is 10.3 Å². The molecule has 0 radical (unpaired) electrons. The number of nitrogens with one attached hydrogen (secondary N) is 2. The summed E-state index contributed by atoms with van der Waals surface area (Å²) in [6.45, 7) is 5.93. The number of hydrogen-bond donors (Lipinski definition) is 2. The first kappa shape index (κ1) is 17.4. The van der Waals surface area contributed by atoms with Gasteiger partial charge in [-0.3, -0.25) is 4.79 Å². The van der Waals surface area contributed by atoms with Crippen LogP contribution in [0.15, 0.2) is 18.3 Å². The molecule has 2 N–H and O–H groups in total. The van der Waals surface area contributed by atoms with E-state index in [4.69, 9.17) is 17.0 Å². The molecule has 0 fully saturated rings. The highest BCUT2D eigenvalue weighted by Gasteiger charge is 2.15. The number of Topliss-reactive ketones (excluding diaryl/α,β-unsaturated/α-hetero) is 1. The van der Waals surface area contributed by atoms with Crippen molar-refractivity contribution in [3.05, 3.63) is 28.5 Å². The molecular formula is C15H22N2O3S. The predicted molar refractivity (Wildman–Crippen MR) is 84.0 cm³/mol. The fourth-order valence-electron chi connectivity index (χ4n) is 1.69. The Bertz CT molecular complexity index is 546. The minimum atomic E-state index is -0.496. The monoisotopic (exact) mass is 310 g/mol. The molecule has 0 unspecified atom stereocenters. The number of carbonyl (C=O) groups is 2. The fraction of sp³-hybridized carbons (Fsp3) is 0.533. The quantitative estimate of drug-likeness (QED) is 0.478. The summed E-state index contributed by atoms with van der Waals surface area (Å²) < 4.78 is 5.58. The van der Waals surface area contributed by atoms with Gasteiger partial charge >= 0.3 is 6.09 Å². The van der Waals surface area contributed by atoms with Crippen molar-refractivity contribution >= 4 is 24.1 Å². The van der Waals surface area contributed by atoms with Gasteiger partial charge in [0.05, 0.1) is 5.56 Å². The topological polar surface area (TPSA) is 71.2 Å². The standard InChI is InChI=1S/C15H22N2O3S/c1-15(2,3)20-14(19)17-9-5-4-8-12(18)11-7-6-10-16-13(11)21/h6-7,10H,4-5,8-9H2,1-3H3,(H,16,21)(H,17,19). The zero-order valence-corrected chi connectivity index (χ0v) is 13.5. The largest absolute Gasteiger partial charge is 0.444 e. The van der Waals surface area contributed by atoms with Crippen LogP contribution in [0.3, 0.4) is 0 Å². The van der Waals surface area contributed by atoms with Gasteiger partial charge in [0, 0.05) is 19.2 Å². The molecule has 0 saturated heterocycles. The first-order chi connectivity index (χ1) is 9.79. The van der Waals surface area contributed by atoms with E-state index in [1.807, 2.05) is 20.8 Å². The molecule has 1 amide bonds. The minimum Gasteiger partial charge on any atom is -0.444 e. The van der Waals surface area contributed by atoms with E-state index in [9.17, 15) is 9.59 Å². The number of aromatic amines is 1. The van der Waals surface area contributed by atoms with Gasteiger partial charge in [-0.05, 0) is 45.7 Å². The molecule has 1 aromatic rings. The number of unbranched alkanes of at least 4 members (excludes halogenated alkanes) is 1. The molecule has 1 rings (SSSR count). The second-order valence-electron chi connectivity index (χ2n) is 5.72. The molecule has 1 heterocycles. The Morgan fingerprint density at radius 3 is 2.67 bits per heavy atom. The molecule has 0 aromatic carbocycles. The van der Waals surface area contributed by atoms with Crippen LogP contribution in [0.4, 0.5) is 4.79 Å². The molecule has 0 aliphatic rings. The van der Waals surface area contributed by atoms with Crippen molar-refractivity contribution in [3.63, 3.8) is 0 Å². The molecule has 0 bridgehead atoms. The Kier molecular flexibility index (Phi) is 6.55. The number of aromatic nitrogens is 1. The minimum absolute atomic E-state index is 0.0223. The van der Waals surface area contributed by atoms with Crippen molar-refractivity contribution < 1.29 is 14.3 Å².